The zero-order chi connectivity index (χ0) is 11.1. The zero-order valence-electron chi connectivity index (χ0n) is 8.90. The number of amides is 1. The van der Waals surface area contributed by atoms with Crippen LogP contribution in [0.3, 0.4) is 0 Å². The molecule has 0 spiro atoms. The lowest BCUT2D eigenvalue weighted by Gasteiger charge is -2.01. The number of hydrogen-bond acceptors (Lipinski definition) is 3. The van der Waals surface area contributed by atoms with E-state index in [1.165, 1.54) is 0 Å². The lowest BCUT2D eigenvalue weighted by atomic mass is 10.3. The summed E-state index contributed by atoms with van der Waals surface area (Å²) in [5.74, 6) is -0.329. The summed E-state index contributed by atoms with van der Waals surface area (Å²) in [5, 5.41) is 3.21. The fraction of sp³-hybridized carbons (Fsp3) is 0.500. The maximum atomic E-state index is 10.6. The number of methoxy groups -OCH3 is 1. The molecule has 15 heavy (non-hydrogen) atoms. The van der Waals surface area contributed by atoms with Gasteiger partial charge in [0.1, 0.15) is 6.54 Å². The predicted molar refractivity (Wildman–Crippen MR) is 57.2 cm³/mol. The van der Waals surface area contributed by atoms with Crippen LogP contribution in [0, 0.1) is 0 Å². The third-order valence-electron chi connectivity index (χ3n) is 1.96. The number of nitrogens with two attached hydrogens (primary N) is 1. The van der Waals surface area contributed by atoms with Gasteiger partial charge in [-0.3, -0.25) is 4.79 Å². The molecule has 0 bridgehead atoms. The fourth-order valence-electron chi connectivity index (χ4n) is 1.28. The molecule has 5 nitrogen and oxygen atoms in total. The van der Waals surface area contributed by atoms with Crippen molar-refractivity contribution < 1.29 is 9.53 Å². The van der Waals surface area contributed by atoms with Gasteiger partial charge in [-0.2, -0.15) is 0 Å². The molecule has 1 rings (SSSR count). The third kappa shape index (κ3) is 4.62. The molecule has 1 aromatic rings. The highest BCUT2D eigenvalue weighted by Crippen LogP contribution is 2.00. The monoisotopic (exact) mass is 211 g/mol. The lowest BCUT2D eigenvalue weighted by molar-refractivity contribution is -0.118. The Bertz CT molecular complexity index is 309. The first-order valence-electron chi connectivity index (χ1n) is 4.85. The molecule has 0 aliphatic rings. The van der Waals surface area contributed by atoms with E-state index in [1.54, 1.807) is 11.7 Å². The summed E-state index contributed by atoms with van der Waals surface area (Å²) in [7, 11) is 1.67. The van der Waals surface area contributed by atoms with Crippen LogP contribution in [0.1, 0.15) is 5.56 Å². The average Bonchev–Trinajstić information content (AvgIpc) is 2.59. The highest BCUT2D eigenvalue weighted by Gasteiger charge is 1.99. The molecule has 0 atom stereocenters. The molecule has 0 aliphatic carbocycles. The third-order valence-corrected chi connectivity index (χ3v) is 1.96. The van der Waals surface area contributed by atoms with Crippen molar-refractivity contribution >= 4 is 5.91 Å². The quantitative estimate of drug-likeness (QED) is 0.609. The van der Waals surface area contributed by atoms with Gasteiger partial charge >= 0.3 is 0 Å². The fourth-order valence-corrected chi connectivity index (χ4v) is 1.28. The molecule has 5 heteroatoms. The number of nitrogens with one attached hydrogen (secondary N) is 1. The Hall–Kier alpha value is -1.33. The molecule has 1 heterocycles. The largest absolute Gasteiger partial charge is 0.383 e. The Morgan fingerprint density at radius 1 is 1.67 bits per heavy atom. The number of nitrogens with zero attached hydrogens (tertiary/aromatic N) is 1. The second-order valence-corrected chi connectivity index (χ2v) is 3.33. The van der Waals surface area contributed by atoms with E-state index in [2.05, 4.69) is 5.32 Å². The van der Waals surface area contributed by atoms with Crippen LogP contribution in [0.25, 0.3) is 0 Å². The minimum Gasteiger partial charge on any atom is -0.383 e. The van der Waals surface area contributed by atoms with Crippen molar-refractivity contribution in [1.29, 1.82) is 0 Å². The van der Waals surface area contributed by atoms with Crippen LogP contribution in [-0.2, 0) is 22.6 Å². The summed E-state index contributed by atoms with van der Waals surface area (Å²) >= 11 is 0. The molecule has 1 amide bonds. The first kappa shape index (κ1) is 11.7. The second-order valence-electron chi connectivity index (χ2n) is 3.33. The van der Waals surface area contributed by atoms with E-state index in [9.17, 15) is 4.79 Å². The lowest BCUT2D eigenvalue weighted by Crippen LogP contribution is -2.19. The van der Waals surface area contributed by atoms with E-state index in [1.807, 2.05) is 18.5 Å². The van der Waals surface area contributed by atoms with Crippen molar-refractivity contribution in [1.82, 2.24) is 9.88 Å². The van der Waals surface area contributed by atoms with Gasteiger partial charge in [0.2, 0.25) is 5.91 Å². The van der Waals surface area contributed by atoms with Gasteiger partial charge in [-0.15, -0.1) is 0 Å². The number of rotatable bonds is 7. The number of ether oxygens (including phenoxy) is 1. The molecule has 0 aromatic carbocycles. The van der Waals surface area contributed by atoms with Crippen LogP contribution < -0.4 is 11.1 Å². The van der Waals surface area contributed by atoms with Crippen molar-refractivity contribution in [2.45, 2.75) is 13.1 Å². The van der Waals surface area contributed by atoms with Gasteiger partial charge in [-0.25, -0.2) is 0 Å². The van der Waals surface area contributed by atoms with Crippen LogP contribution >= 0.6 is 0 Å². The van der Waals surface area contributed by atoms with Crippen LogP contribution in [0.4, 0.5) is 0 Å². The van der Waals surface area contributed by atoms with E-state index < -0.39 is 0 Å². The smallest absolute Gasteiger partial charge is 0.237 e. The zero-order valence-corrected chi connectivity index (χ0v) is 8.90. The van der Waals surface area contributed by atoms with Crippen molar-refractivity contribution in [3.8, 4) is 0 Å². The number of aromatic nitrogens is 1. The topological polar surface area (TPSA) is 69.3 Å². The van der Waals surface area contributed by atoms with E-state index >= 15 is 0 Å². The standard InChI is InChI=1S/C10H17N3O2/c1-15-5-3-12-6-9-2-4-13(7-9)8-10(11)14/h2,4,7,12H,3,5-6,8H2,1H3,(H2,11,14). The first-order valence-corrected chi connectivity index (χ1v) is 4.85. The summed E-state index contributed by atoms with van der Waals surface area (Å²) in [6.07, 6.45) is 3.75. The maximum Gasteiger partial charge on any atom is 0.237 e. The van der Waals surface area contributed by atoms with Gasteiger partial charge in [-0.05, 0) is 11.6 Å². The van der Waals surface area contributed by atoms with Gasteiger partial charge in [0.15, 0.2) is 0 Å². The molecule has 1 aromatic heterocycles. The molecular formula is C10H17N3O2. The number of hydrogen-bond donors (Lipinski definition) is 2. The van der Waals surface area contributed by atoms with Gasteiger partial charge in [0, 0.05) is 32.6 Å². The predicted octanol–water partition coefficient (Wildman–Crippen LogP) is -0.291. The summed E-state index contributed by atoms with van der Waals surface area (Å²) in [5.41, 5.74) is 6.21. The van der Waals surface area contributed by atoms with E-state index in [0.717, 1.165) is 18.7 Å². The number of carbonyl (C=O) groups is 1. The summed E-state index contributed by atoms with van der Waals surface area (Å²) < 4.78 is 6.68. The number of carbonyl (C=O) groups excluding carboxylic acids is 1. The second kappa shape index (κ2) is 6.21. The molecule has 0 saturated heterocycles. The van der Waals surface area contributed by atoms with Crippen LogP contribution in [0.2, 0.25) is 0 Å². The van der Waals surface area contributed by atoms with E-state index in [4.69, 9.17) is 10.5 Å². The summed E-state index contributed by atoms with van der Waals surface area (Å²) in [4.78, 5) is 10.6. The highest BCUT2D eigenvalue weighted by molar-refractivity contribution is 5.73. The Balaban J connectivity index is 2.29. The Morgan fingerprint density at radius 3 is 3.13 bits per heavy atom. The first-order chi connectivity index (χ1) is 7.22. The SMILES string of the molecule is COCCNCc1ccn(CC(N)=O)c1. The minimum atomic E-state index is -0.329. The van der Waals surface area contributed by atoms with Crippen molar-refractivity contribution in [2.24, 2.45) is 5.73 Å². The summed E-state index contributed by atoms with van der Waals surface area (Å²) in [6.45, 7) is 2.52. The average molecular weight is 211 g/mol. The molecule has 84 valence electrons. The molecule has 0 radical (unpaired) electrons. The summed E-state index contributed by atoms with van der Waals surface area (Å²) in [6, 6.07) is 1.96. The Morgan fingerprint density at radius 2 is 2.47 bits per heavy atom. The molecule has 0 aliphatic heterocycles. The molecule has 0 unspecified atom stereocenters. The minimum absolute atomic E-state index is 0.234. The Kier molecular flexibility index (Phi) is 4.86. The van der Waals surface area contributed by atoms with Gasteiger partial charge in [0.25, 0.3) is 0 Å². The van der Waals surface area contributed by atoms with Gasteiger partial charge < -0.3 is 20.4 Å². The van der Waals surface area contributed by atoms with Crippen molar-refractivity contribution in [3.63, 3.8) is 0 Å². The highest BCUT2D eigenvalue weighted by atomic mass is 16.5. The van der Waals surface area contributed by atoms with Gasteiger partial charge in [-0.1, -0.05) is 0 Å². The molecule has 0 fully saturated rings. The molecule has 3 N–H and O–H groups in total. The maximum absolute atomic E-state index is 10.6. The number of primary amides is 1. The van der Waals surface area contributed by atoms with Crippen LogP contribution in [-0.4, -0.2) is 30.7 Å². The van der Waals surface area contributed by atoms with Crippen molar-refractivity contribution in [3.05, 3.63) is 24.0 Å². The normalized spacial score (nSPS) is 10.5. The van der Waals surface area contributed by atoms with Gasteiger partial charge in [0.05, 0.1) is 6.61 Å². The van der Waals surface area contributed by atoms with E-state index in [-0.39, 0.29) is 12.5 Å². The molecule has 0 saturated carbocycles. The molecular weight excluding hydrogens is 194 g/mol. The van der Waals surface area contributed by atoms with Crippen LogP contribution in [0.5, 0.6) is 0 Å². The van der Waals surface area contributed by atoms with Crippen molar-refractivity contribution in [2.75, 3.05) is 20.3 Å². The van der Waals surface area contributed by atoms with E-state index in [0.29, 0.717) is 6.61 Å². The Labute approximate surface area is 89.2 Å². The van der Waals surface area contributed by atoms with Crippen LogP contribution in [0.15, 0.2) is 18.5 Å².